The van der Waals surface area contributed by atoms with Gasteiger partial charge in [0.2, 0.25) is 0 Å². The molecule has 12 heteroatoms. The number of carbonyl (C=O) groups is 2. The molecule has 1 unspecified atom stereocenters. The molecule has 1 N–H and O–H groups in total. The minimum absolute atomic E-state index is 0.0171. The van der Waals surface area contributed by atoms with Gasteiger partial charge in [-0.3, -0.25) is 14.1 Å². The summed E-state index contributed by atoms with van der Waals surface area (Å²) in [7, 11) is 2.08. The monoisotopic (exact) mass is 599 g/mol. The van der Waals surface area contributed by atoms with E-state index in [2.05, 4.69) is 33.2 Å². The summed E-state index contributed by atoms with van der Waals surface area (Å²) >= 11 is 0. The van der Waals surface area contributed by atoms with Gasteiger partial charge in [-0.25, -0.2) is 24.1 Å². The normalized spacial score (nSPS) is 18.6. The number of pyridine rings is 2. The summed E-state index contributed by atoms with van der Waals surface area (Å²) in [5.74, 6) is -0.272. The van der Waals surface area contributed by atoms with Crippen LogP contribution in [0.3, 0.4) is 0 Å². The van der Waals surface area contributed by atoms with Crippen LogP contribution >= 0.6 is 0 Å². The Balaban J connectivity index is 1.29. The third-order valence-electron chi connectivity index (χ3n) is 8.15. The lowest BCUT2D eigenvalue weighted by molar-refractivity contribution is 0.0248. The number of imidazole rings is 1. The lowest BCUT2D eigenvalue weighted by atomic mass is 9.99. The van der Waals surface area contributed by atoms with Gasteiger partial charge in [0, 0.05) is 37.5 Å². The lowest BCUT2D eigenvalue weighted by Crippen LogP contribution is -2.49. The molecule has 0 radical (unpaired) electrons. The Hall–Kier alpha value is -4.55. The minimum atomic E-state index is -0.778. The highest BCUT2D eigenvalue weighted by Gasteiger charge is 2.39. The first kappa shape index (κ1) is 28.2. The maximum atomic E-state index is 13.9. The Bertz CT molecular complexity index is 1800. The molecule has 11 nitrogen and oxygen atoms in total. The molecule has 44 heavy (non-hydrogen) atoms. The summed E-state index contributed by atoms with van der Waals surface area (Å²) in [5, 5.41) is 3.37. The SMILES string of the molecule is CN1Cc2nc(Nc3ccc(-c4cnc5cc(F)ccn45)c4c3C(=O)N(C(=O)OC(C)(C)C)C4)ccc2N2CCOCC2C1. The number of hydrogen-bond acceptors (Lipinski definition) is 9. The molecule has 6 heterocycles. The Morgan fingerprint density at radius 1 is 1.16 bits per heavy atom. The second kappa shape index (κ2) is 10.6. The molecular formula is C32H34FN7O4. The highest BCUT2D eigenvalue weighted by Crippen LogP contribution is 2.39. The second-order valence-electron chi connectivity index (χ2n) is 12.5. The van der Waals surface area contributed by atoms with Gasteiger partial charge >= 0.3 is 6.09 Å². The molecule has 1 saturated heterocycles. The lowest BCUT2D eigenvalue weighted by Gasteiger charge is -2.37. The average molecular weight is 600 g/mol. The van der Waals surface area contributed by atoms with Crippen molar-refractivity contribution in [1.29, 1.82) is 0 Å². The maximum absolute atomic E-state index is 13.9. The molecule has 0 aliphatic carbocycles. The van der Waals surface area contributed by atoms with Crippen molar-refractivity contribution in [2.24, 2.45) is 0 Å². The molecule has 4 aromatic rings. The molecule has 3 aliphatic rings. The number of anilines is 3. The van der Waals surface area contributed by atoms with E-state index in [1.54, 1.807) is 37.6 Å². The fourth-order valence-electron chi connectivity index (χ4n) is 6.27. The molecule has 1 aromatic carbocycles. The van der Waals surface area contributed by atoms with Crippen LogP contribution in [0.15, 0.2) is 48.8 Å². The van der Waals surface area contributed by atoms with Crippen LogP contribution in [0.2, 0.25) is 0 Å². The van der Waals surface area contributed by atoms with Gasteiger partial charge in [-0.05, 0) is 57.6 Å². The third-order valence-corrected chi connectivity index (χ3v) is 8.15. The molecule has 7 rings (SSSR count). The van der Waals surface area contributed by atoms with Crippen molar-refractivity contribution in [2.75, 3.05) is 43.6 Å². The van der Waals surface area contributed by atoms with Crippen LogP contribution in [0.4, 0.5) is 26.4 Å². The largest absolute Gasteiger partial charge is 0.443 e. The molecule has 2 amide bonds. The van der Waals surface area contributed by atoms with Gasteiger partial charge in [0.05, 0.1) is 60.3 Å². The van der Waals surface area contributed by atoms with Crippen LogP contribution in [0.25, 0.3) is 16.9 Å². The van der Waals surface area contributed by atoms with Crippen molar-refractivity contribution in [3.8, 4) is 11.3 Å². The van der Waals surface area contributed by atoms with Crippen molar-refractivity contribution in [2.45, 2.75) is 45.5 Å². The smallest absolute Gasteiger partial charge is 0.417 e. The summed E-state index contributed by atoms with van der Waals surface area (Å²) in [6.07, 6.45) is 2.52. The highest BCUT2D eigenvalue weighted by molar-refractivity contribution is 6.11. The number of nitrogens with zero attached hydrogens (tertiary/aromatic N) is 6. The predicted molar refractivity (Wildman–Crippen MR) is 163 cm³/mol. The van der Waals surface area contributed by atoms with Gasteiger partial charge in [-0.1, -0.05) is 6.07 Å². The quantitative estimate of drug-likeness (QED) is 0.355. The van der Waals surface area contributed by atoms with Crippen molar-refractivity contribution < 1.29 is 23.5 Å². The zero-order chi connectivity index (χ0) is 30.7. The number of fused-ring (bicyclic) bond motifs is 5. The zero-order valence-electron chi connectivity index (χ0n) is 25.1. The van der Waals surface area contributed by atoms with E-state index in [9.17, 15) is 14.0 Å². The molecule has 1 atom stereocenters. The molecule has 0 saturated carbocycles. The molecule has 228 valence electrons. The van der Waals surface area contributed by atoms with Crippen LogP contribution in [-0.2, 0) is 22.6 Å². The van der Waals surface area contributed by atoms with E-state index in [1.807, 2.05) is 18.2 Å². The first-order valence-electron chi connectivity index (χ1n) is 14.7. The number of ether oxygens (including phenoxy) is 2. The van der Waals surface area contributed by atoms with Gasteiger partial charge < -0.3 is 19.7 Å². The first-order valence-corrected chi connectivity index (χ1v) is 14.7. The predicted octanol–water partition coefficient (Wildman–Crippen LogP) is 4.82. The van der Waals surface area contributed by atoms with E-state index in [0.717, 1.165) is 29.4 Å². The number of aromatic nitrogens is 3. The molecule has 0 bridgehead atoms. The fraction of sp³-hybridized carbons (Fsp3) is 0.375. The number of likely N-dealkylation sites (N-methyl/N-ethyl adjacent to an activating group) is 1. The summed E-state index contributed by atoms with van der Waals surface area (Å²) in [6, 6.07) is 10.6. The van der Waals surface area contributed by atoms with E-state index in [0.29, 0.717) is 59.3 Å². The standard InChI is InChI=1S/C32H34FN7O4/c1-32(2,3)44-31(42)40-16-22-21(26-14-34-28-13-19(33)9-10-39(26)28)5-6-23(29(22)30(40)41)35-27-8-7-25-24(36-27)17-37(4)15-20-18-43-12-11-38(20)25/h5-10,13-14,20H,11-12,15-18H2,1-4H3,(H,35,36). The Labute approximate surface area is 254 Å². The maximum Gasteiger partial charge on any atom is 0.417 e. The molecule has 3 aliphatic heterocycles. The first-order chi connectivity index (χ1) is 21.1. The van der Waals surface area contributed by atoms with Gasteiger partial charge in [0.25, 0.3) is 5.91 Å². The number of carbonyl (C=O) groups excluding carboxylic acids is 2. The number of benzene rings is 1. The van der Waals surface area contributed by atoms with Crippen molar-refractivity contribution in [3.05, 3.63) is 71.4 Å². The summed E-state index contributed by atoms with van der Waals surface area (Å²) in [6.45, 7) is 9.01. The third kappa shape index (κ3) is 5.03. The second-order valence-corrected chi connectivity index (χ2v) is 12.5. The number of rotatable bonds is 3. The number of morpholine rings is 1. The Morgan fingerprint density at radius 2 is 2.00 bits per heavy atom. The molecule has 0 spiro atoms. The Kier molecular flexibility index (Phi) is 6.78. The van der Waals surface area contributed by atoms with E-state index in [1.165, 1.54) is 12.1 Å². The van der Waals surface area contributed by atoms with Crippen LogP contribution in [0.5, 0.6) is 0 Å². The van der Waals surface area contributed by atoms with Crippen molar-refractivity contribution in [1.82, 2.24) is 24.2 Å². The summed E-state index contributed by atoms with van der Waals surface area (Å²) < 4.78 is 27.0. The van der Waals surface area contributed by atoms with E-state index < -0.39 is 23.4 Å². The zero-order valence-corrected chi connectivity index (χ0v) is 25.1. The van der Waals surface area contributed by atoms with E-state index in [-0.39, 0.29) is 12.6 Å². The number of hydrogen-bond donors (Lipinski definition) is 1. The van der Waals surface area contributed by atoms with Crippen LogP contribution < -0.4 is 10.2 Å². The van der Waals surface area contributed by atoms with Gasteiger partial charge in [0.1, 0.15) is 22.9 Å². The molecule has 1 fully saturated rings. The minimum Gasteiger partial charge on any atom is -0.443 e. The number of nitrogens with one attached hydrogen (secondary N) is 1. The Morgan fingerprint density at radius 3 is 2.82 bits per heavy atom. The summed E-state index contributed by atoms with van der Waals surface area (Å²) in [4.78, 5) is 42.2. The van der Waals surface area contributed by atoms with Crippen LogP contribution in [0, 0.1) is 5.82 Å². The summed E-state index contributed by atoms with van der Waals surface area (Å²) in [5.41, 5.74) is 4.59. The average Bonchev–Trinajstić information content (AvgIpc) is 3.50. The van der Waals surface area contributed by atoms with Crippen molar-refractivity contribution >= 4 is 34.8 Å². The molecule has 3 aromatic heterocycles. The number of imide groups is 1. The van der Waals surface area contributed by atoms with Crippen LogP contribution in [-0.4, -0.2) is 81.2 Å². The fourth-order valence-corrected chi connectivity index (χ4v) is 6.27. The van der Waals surface area contributed by atoms with Gasteiger partial charge in [0.15, 0.2) is 0 Å². The topological polar surface area (TPSA) is 105 Å². The van der Waals surface area contributed by atoms with Crippen LogP contribution in [0.1, 0.15) is 42.4 Å². The molecular weight excluding hydrogens is 565 g/mol. The van der Waals surface area contributed by atoms with E-state index in [4.69, 9.17) is 14.5 Å². The van der Waals surface area contributed by atoms with E-state index >= 15 is 0 Å². The number of amides is 2. The van der Waals surface area contributed by atoms with Gasteiger partial charge in [-0.15, -0.1) is 0 Å². The van der Waals surface area contributed by atoms with Gasteiger partial charge in [-0.2, -0.15) is 0 Å². The van der Waals surface area contributed by atoms with Crippen molar-refractivity contribution in [3.63, 3.8) is 0 Å². The highest BCUT2D eigenvalue weighted by atomic mass is 19.1. The number of halogens is 1.